The lowest BCUT2D eigenvalue weighted by Crippen LogP contribution is -2.46. The minimum Gasteiger partial charge on any atom is -0.441 e. The van der Waals surface area contributed by atoms with Crippen LogP contribution in [0.15, 0.2) is 46.9 Å². The van der Waals surface area contributed by atoms with Gasteiger partial charge in [0.1, 0.15) is 17.4 Å². The molecule has 5 nitrogen and oxygen atoms in total. The van der Waals surface area contributed by atoms with Crippen molar-refractivity contribution in [2.75, 3.05) is 31.1 Å². The van der Waals surface area contributed by atoms with Gasteiger partial charge in [0, 0.05) is 44.0 Å². The van der Waals surface area contributed by atoms with Crippen LogP contribution in [-0.2, 0) is 6.54 Å². The summed E-state index contributed by atoms with van der Waals surface area (Å²) in [6.45, 7) is 7.31. The second-order valence-electron chi connectivity index (χ2n) is 7.51. The normalized spacial score (nSPS) is 14.9. The number of aromatic nitrogens is 1. The molecular formula is C23H23F2N3O2. The minimum absolute atomic E-state index is 0.0307. The van der Waals surface area contributed by atoms with E-state index in [0.29, 0.717) is 17.9 Å². The van der Waals surface area contributed by atoms with Crippen LogP contribution in [0.2, 0.25) is 0 Å². The van der Waals surface area contributed by atoms with Crippen LogP contribution in [0.5, 0.6) is 0 Å². The molecule has 30 heavy (non-hydrogen) atoms. The average Bonchev–Trinajstić information content (AvgIpc) is 3.10. The molecule has 0 N–H and O–H groups in total. The minimum atomic E-state index is -0.561. The van der Waals surface area contributed by atoms with Gasteiger partial charge in [-0.3, -0.25) is 9.69 Å². The van der Waals surface area contributed by atoms with Crippen LogP contribution < -0.4 is 4.90 Å². The van der Waals surface area contributed by atoms with Gasteiger partial charge in [-0.05, 0) is 56.3 Å². The molecule has 1 aromatic heterocycles. The Balaban J connectivity index is 1.40. The zero-order valence-corrected chi connectivity index (χ0v) is 17.0. The highest BCUT2D eigenvalue weighted by Crippen LogP contribution is 2.26. The maximum atomic E-state index is 14.0. The first-order chi connectivity index (χ1) is 14.4. The van der Waals surface area contributed by atoms with E-state index in [-0.39, 0.29) is 17.2 Å². The summed E-state index contributed by atoms with van der Waals surface area (Å²) in [4.78, 5) is 20.4. The molecule has 1 fully saturated rings. The van der Waals surface area contributed by atoms with Crippen LogP contribution in [0.25, 0.3) is 11.5 Å². The Morgan fingerprint density at radius 1 is 1.07 bits per heavy atom. The van der Waals surface area contributed by atoms with Crippen molar-refractivity contribution in [2.24, 2.45) is 0 Å². The van der Waals surface area contributed by atoms with Gasteiger partial charge < -0.3 is 9.32 Å². The summed E-state index contributed by atoms with van der Waals surface area (Å²) >= 11 is 0. The lowest BCUT2D eigenvalue weighted by Gasteiger charge is -2.35. The molecule has 0 spiro atoms. The van der Waals surface area contributed by atoms with Crippen molar-refractivity contribution in [3.63, 3.8) is 0 Å². The van der Waals surface area contributed by atoms with E-state index >= 15 is 0 Å². The Bertz CT molecular complexity index is 1050. The number of oxazole rings is 1. The number of nitrogens with zero attached hydrogens (tertiary/aromatic N) is 3. The largest absolute Gasteiger partial charge is 0.441 e. The third kappa shape index (κ3) is 4.26. The lowest BCUT2D eigenvalue weighted by atomic mass is 10.1. The van der Waals surface area contributed by atoms with E-state index in [1.165, 1.54) is 0 Å². The van der Waals surface area contributed by atoms with Crippen LogP contribution >= 0.6 is 0 Å². The van der Waals surface area contributed by atoms with E-state index in [1.807, 2.05) is 24.3 Å². The summed E-state index contributed by atoms with van der Waals surface area (Å²) in [6.07, 6.45) is 0. The Kier molecular flexibility index (Phi) is 5.63. The summed E-state index contributed by atoms with van der Waals surface area (Å²) in [5, 5.41) is 0. The number of hydrogen-bond acceptors (Lipinski definition) is 5. The van der Waals surface area contributed by atoms with E-state index in [1.54, 1.807) is 13.8 Å². The molecular weight excluding hydrogens is 388 g/mol. The van der Waals surface area contributed by atoms with Crippen LogP contribution in [-0.4, -0.2) is 41.8 Å². The Hall–Kier alpha value is -3.06. The highest BCUT2D eigenvalue weighted by molar-refractivity contribution is 5.94. The maximum Gasteiger partial charge on any atom is 0.229 e. The van der Waals surface area contributed by atoms with Crippen molar-refractivity contribution in [3.8, 4) is 11.5 Å². The summed E-state index contributed by atoms with van der Waals surface area (Å²) in [6, 6.07) is 10.9. The predicted molar refractivity (Wildman–Crippen MR) is 111 cm³/mol. The standard InChI is InChI=1S/C23H23F2N3O2/c1-15(29)17-3-6-19(7-4-17)28-11-9-27(10-12-28)14-22-16(2)30-23(26-22)20-13-18(24)5-8-21(20)25/h3-8,13H,9-12,14H2,1-2H3. The number of halogens is 2. The SMILES string of the molecule is CC(=O)c1ccc(N2CCN(Cc3nc(-c4cc(F)ccc4F)oc3C)CC2)cc1. The fraction of sp³-hybridized carbons (Fsp3) is 0.304. The van der Waals surface area contributed by atoms with Crippen molar-refractivity contribution in [2.45, 2.75) is 20.4 Å². The van der Waals surface area contributed by atoms with Gasteiger partial charge in [0.25, 0.3) is 0 Å². The van der Waals surface area contributed by atoms with Gasteiger partial charge in [-0.25, -0.2) is 13.8 Å². The second kappa shape index (κ2) is 8.36. The molecule has 1 saturated heterocycles. The molecule has 0 atom stereocenters. The molecule has 4 rings (SSSR count). The van der Waals surface area contributed by atoms with E-state index in [0.717, 1.165) is 55.8 Å². The number of rotatable bonds is 5. The number of anilines is 1. The first-order valence-electron chi connectivity index (χ1n) is 9.91. The van der Waals surface area contributed by atoms with Gasteiger partial charge in [-0.2, -0.15) is 0 Å². The smallest absolute Gasteiger partial charge is 0.229 e. The summed E-state index contributed by atoms with van der Waals surface area (Å²) in [5.41, 5.74) is 2.57. The molecule has 2 heterocycles. The molecule has 0 aliphatic carbocycles. The third-order valence-electron chi connectivity index (χ3n) is 5.44. The van der Waals surface area contributed by atoms with Crippen molar-refractivity contribution in [1.82, 2.24) is 9.88 Å². The van der Waals surface area contributed by atoms with Gasteiger partial charge in [0.2, 0.25) is 5.89 Å². The third-order valence-corrected chi connectivity index (χ3v) is 5.44. The number of hydrogen-bond donors (Lipinski definition) is 0. The number of carbonyl (C=O) groups excluding carboxylic acids is 1. The number of Topliss-reactive ketones (excluding diaryl/α,β-unsaturated/α-hetero) is 1. The van der Waals surface area contributed by atoms with Crippen molar-refractivity contribution < 1.29 is 18.0 Å². The topological polar surface area (TPSA) is 49.6 Å². The highest BCUT2D eigenvalue weighted by Gasteiger charge is 2.21. The number of ketones is 1. The zero-order chi connectivity index (χ0) is 21.3. The molecule has 7 heteroatoms. The first-order valence-corrected chi connectivity index (χ1v) is 9.91. The van der Waals surface area contributed by atoms with Gasteiger partial charge in [0.15, 0.2) is 5.78 Å². The maximum absolute atomic E-state index is 14.0. The van der Waals surface area contributed by atoms with E-state index in [9.17, 15) is 13.6 Å². The van der Waals surface area contributed by atoms with Crippen molar-refractivity contribution in [1.29, 1.82) is 0 Å². The monoisotopic (exact) mass is 411 g/mol. The molecule has 1 aliphatic rings. The predicted octanol–water partition coefficient (Wildman–Crippen LogP) is 4.45. The van der Waals surface area contributed by atoms with Gasteiger partial charge in [-0.1, -0.05) is 0 Å². The van der Waals surface area contributed by atoms with Crippen LogP contribution in [0.4, 0.5) is 14.5 Å². The number of aryl methyl sites for hydroxylation is 1. The Labute approximate surface area is 173 Å². The van der Waals surface area contributed by atoms with Crippen LogP contribution in [0.1, 0.15) is 28.7 Å². The summed E-state index contributed by atoms with van der Waals surface area (Å²) in [7, 11) is 0. The molecule has 1 aliphatic heterocycles. The van der Waals surface area contributed by atoms with Gasteiger partial charge in [0.05, 0.1) is 11.3 Å². The van der Waals surface area contributed by atoms with E-state index in [4.69, 9.17) is 4.42 Å². The fourth-order valence-corrected chi connectivity index (χ4v) is 3.63. The molecule has 0 bridgehead atoms. The van der Waals surface area contributed by atoms with Gasteiger partial charge >= 0.3 is 0 Å². The Morgan fingerprint density at radius 3 is 2.43 bits per heavy atom. The fourth-order valence-electron chi connectivity index (χ4n) is 3.63. The Morgan fingerprint density at radius 2 is 1.77 bits per heavy atom. The second-order valence-corrected chi connectivity index (χ2v) is 7.51. The molecule has 0 saturated carbocycles. The van der Waals surface area contributed by atoms with Crippen molar-refractivity contribution in [3.05, 3.63) is 71.1 Å². The average molecular weight is 411 g/mol. The van der Waals surface area contributed by atoms with E-state index < -0.39 is 11.6 Å². The summed E-state index contributed by atoms with van der Waals surface area (Å²) < 4.78 is 33.1. The highest BCUT2D eigenvalue weighted by atomic mass is 19.1. The van der Waals surface area contributed by atoms with E-state index in [2.05, 4.69) is 14.8 Å². The summed E-state index contributed by atoms with van der Waals surface area (Å²) in [5.74, 6) is -0.323. The number of carbonyl (C=O) groups is 1. The number of piperazine rings is 1. The molecule has 2 aromatic carbocycles. The zero-order valence-electron chi connectivity index (χ0n) is 17.0. The molecule has 0 amide bonds. The molecule has 156 valence electrons. The molecule has 0 unspecified atom stereocenters. The first kappa shape index (κ1) is 20.2. The molecule has 0 radical (unpaired) electrons. The van der Waals surface area contributed by atoms with Crippen LogP contribution in [0, 0.1) is 18.6 Å². The number of benzene rings is 2. The van der Waals surface area contributed by atoms with Crippen LogP contribution in [0.3, 0.4) is 0 Å². The quantitative estimate of drug-likeness (QED) is 0.581. The van der Waals surface area contributed by atoms with Crippen molar-refractivity contribution >= 4 is 11.5 Å². The lowest BCUT2D eigenvalue weighted by molar-refractivity contribution is 0.101. The van der Waals surface area contributed by atoms with Gasteiger partial charge in [-0.15, -0.1) is 0 Å². The molecule has 3 aromatic rings.